The second-order valence-electron chi connectivity index (χ2n) is 9.36. The predicted molar refractivity (Wildman–Crippen MR) is 137 cm³/mol. The number of allylic oxidation sites excluding steroid dienone is 1. The van der Waals surface area contributed by atoms with Crippen LogP contribution in [0.2, 0.25) is 0 Å². The van der Waals surface area contributed by atoms with Gasteiger partial charge in [-0.2, -0.15) is 10.5 Å². The molecule has 0 aliphatic carbocycles. The lowest BCUT2D eigenvalue weighted by Gasteiger charge is -2.48. The Morgan fingerprint density at radius 2 is 1.57 bits per heavy atom. The first-order chi connectivity index (χ1) is 17.4. The molecule has 0 aromatic heterocycles. The van der Waals surface area contributed by atoms with Gasteiger partial charge in [-0.15, -0.1) is 6.58 Å². The molecule has 5 nitrogen and oxygen atoms in total. The number of nitriles is 2. The maximum atomic E-state index is 14.9. The highest BCUT2D eigenvalue weighted by atomic mass is 32.2. The smallest absolute Gasteiger partial charge is 0.256 e. The third-order valence-electron chi connectivity index (χ3n) is 6.82. The number of halogens is 2. The molecule has 0 N–H and O–H groups in total. The van der Waals surface area contributed by atoms with E-state index in [-0.39, 0.29) is 16.1 Å². The van der Waals surface area contributed by atoms with Gasteiger partial charge >= 0.3 is 0 Å². The third kappa shape index (κ3) is 4.08. The van der Waals surface area contributed by atoms with Crippen LogP contribution in [-0.2, 0) is 15.9 Å². The van der Waals surface area contributed by atoms with Gasteiger partial charge in [-0.1, -0.05) is 65.7 Å². The molecule has 0 amide bonds. The minimum atomic E-state index is -4.44. The standard InChI is InChI=1S/C29H25F2N3O2S/c1-5-24-23-16-20(3)12-15-26(23)34(37(35,36)21-13-10-19(2)11-14-21)27(29(24,17-32)18-33)22-8-6-7-9-25(22)28(4,30)31/h5-16,24,27H,1H2,2-4H3/t24-,27-/m1/s1. The van der Waals surface area contributed by atoms with E-state index in [4.69, 9.17) is 0 Å². The maximum Gasteiger partial charge on any atom is 0.270 e. The van der Waals surface area contributed by atoms with E-state index in [1.807, 2.05) is 19.1 Å². The number of anilines is 1. The summed E-state index contributed by atoms with van der Waals surface area (Å²) in [5, 5.41) is 21.0. The van der Waals surface area contributed by atoms with Gasteiger partial charge in [-0.05, 0) is 43.2 Å². The summed E-state index contributed by atoms with van der Waals surface area (Å²) in [4.78, 5) is -0.0859. The minimum Gasteiger partial charge on any atom is -0.256 e. The molecule has 1 aliphatic heterocycles. The average Bonchev–Trinajstić information content (AvgIpc) is 2.86. The zero-order chi connectivity index (χ0) is 27.2. The second-order valence-corrected chi connectivity index (χ2v) is 11.2. The predicted octanol–water partition coefficient (Wildman–Crippen LogP) is 6.67. The number of hydrogen-bond donors (Lipinski definition) is 0. The molecule has 0 saturated carbocycles. The van der Waals surface area contributed by atoms with Gasteiger partial charge in [0, 0.05) is 18.4 Å². The fraction of sp³-hybridized carbons (Fsp3) is 0.241. The van der Waals surface area contributed by atoms with Crippen LogP contribution in [0.3, 0.4) is 0 Å². The molecule has 0 spiro atoms. The summed E-state index contributed by atoms with van der Waals surface area (Å²) in [5.74, 6) is -4.32. The van der Waals surface area contributed by atoms with Crippen molar-refractivity contribution in [1.82, 2.24) is 0 Å². The van der Waals surface area contributed by atoms with Crippen molar-refractivity contribution in [3.63, 3.8) is 0 Å². The molecule has 188 valence electrons. The van der Waals surface area contributed by atoms with E-state index in [2.05, 4.69) is 6.58 Å². The molecular weight excluding hydrogens is 492 g/mol. The molecule has 3 aromatic carbocycles. The Morgan fingerprint density at radius 3 is 2.14 bits per heavy atom. The van der Waals surface area contributed by atoms with Gasteiger partial charge in [0.25, 0.3) is 15.9 Å². The highest BCUT2D eigenvalue weighted by Gasteiger charge is 2.58. The number of aryl methyl sites for hydroxylation is 2. The lowest BCUT2D eigenvalue weighted by Crippen LogP contribution is -2.50. The summed E-state index contributed by atoms with van der Waals surface area (Å²) < 4.78 is 59.4. The number of hydrogen-bond acceptors (Lipinski definition) is 4. The van der Waals surface area contributed by atoms with E-state index in [1.54, 1.807) is 37.3 Å². The van der Waals surface area contributed by atoms with E-state index >= 15 is 0 Å². The van der Waals surface area contributed by atoms with Crippen LogP contribution in [0.1, 0.15) is 46.7 Å². The van der Waals surface area contributed by atoms with Gasteiger partial charge in [-0.25, -0.2) is 17.2 Å². The molecule has 1 aliphatic rings. The summed E-state index contributed by atoms with van der Waals surface area (Å²) >= 11 is 0. The van der Waals surface area contributed by atoms with E-state index < -0.39 is 38.9 Å². The quantitative estimate of drug-likeness (QED) is 0.354. The monoisotopic (exact) mass is 517 g/mol. The number of rotatable bonds is 5. The molecule has 0 saturated heterocycles. The van der Waals surface area contributed by atoms with Crippen LogP contribution in [0.4, 0.5) is 14.5 Å². The molecule has 8 heteroatoms. The van der Waals surface area contributed by atoms with Crippen LogP contribution in [-0.4, -0.2) is 8.42 Å². The number of fused-ring (bicyclic) bond motifs is 1. The van der Waals surface area contributed by atoms with Crippen molar-refractivity contribution in [2.24, 2.45) is 5.41 Å². The third-order valence-corrected chi connectivity index (χ3v) is 8.62. The number of nitrogens with zero attached hydrogens (tertiary/aromatic N) is 3. The molecule has 1 heterocycles. The van der Waals surface area contributed by atoms with Crippen molar-refractivity contribution < 1.29 is 17.2 Å². The SMILES string of the molecule is C=C[C@@H]1c2cc(C)ccc2N(S(=O)(=O)c2ccc(C)cc2)[C@H](c2ccccc2C(C)(F)F)C1(C#N)C#N. The van der Waals surface area contributed by atoms with Gasteiger partial charge in [0.2, 0.25) is 0 Å². The fourth-order valence-electron chi connectivity index (χ4n) is 5.06. The summed E-state index contributed by atoms with van der Waals surface area (Å²) in [6, 6.07) is 19.1. The van der Waals surface area contributed by atoms with E-state index in [1.165, 1.54) is 42.5 Å². The fourth-order valence-corrected chi connectivity index (χ4v) is 6.75. The van der Waals surface area contributed by atoms with Gasteiger partial charge in [-0.3, -0.25) is 4.31 Å². The van der Waals surface area contributed by atoms with Crippen LogP contribution >= 0.6 is 0 Å². The first-order valence-corrected chi connectivity index (χ1v) is 13.0. The highest BCUT2D eigenvalue weighted by Crippen LogP contribution is 2.59. The Kier molecular flexibility index (Phi) is 6.44. The highest BCUT2D eigenvalue weighted by molar-refractivity contribution is 7.92. The lowest BCUT2D eigenvalue weighted by molar-refractivity contribution is 0.0157. The normalized spacial score (nSPS) is 18.8. The molecule has 0 radical (unpaired) electrons. The Morgan fingerprint density at radius 1 is 0.973 bits per heavy atom. The summed E-state index contributed by atoms with van der Waals surface area (Å²) in [7, 11) is -4.44. The molecule has 0 unspecified atom stereocenters. The van der Waals surface area contributed by atoms with Crippen LogP contribution < -0.4 is 4.31 Å². The van der Waals surface area contributed by atoms with Gasteiger partial charge in [0.05, 0.1) is 22.7 Å². The van der Waals surface area contributed by atoms with Crippen LogP contribution in [0.25, 0.3) is 0 Å². The van der Waals surface area contributed by atoms with Gasteiger partial charge in [0.1, 0.15) is 6.04 Å². The van der Waals surface area contributed by atoms with Crippen LogP contribution in [0.15, 0.2) is 84.3 Å². The van der Waals surface area contributed by atoms with Crippen molar-refractivity contribution in [1.29, 1.82) is 10.5 Å². The van der Waals surface area contributed by atoms with Crippen LogP contribution in [0.5, 0.6) is 0 Å². The zero-order valence-corrected chi connectivity index (χ0v) is 21.4. The largest absolute Gasteiger partial charge is 0.270 e. The van der Waals surface area contributed by atoms with Crippen molar-refractivity contribution in [2.75, 3.05) is 4.31 Å². The number of benzene rings is 3. The van der Waals surface area contributed by atoms with Gasteiger partial charge in [0.15, 0.2) is 5.41 Å². The lowest BCUT2D eigenvalue weighted by atomic mass is 9.63. The number of alkyl halides is 2. The molecule has 37 heavy (non-hydrogen) atoms. The average molecular weight is 518 g/mol. The Hall–Kier alpha value is -4.01. The van der Waals surface area contributed by atoms with Crippen molar-refractivity contribution in [3.05, 3.63) is 107 Å². The Bertz CT molecular complexity index is 1550. The van der Waals surface area contributed by atoms with Crippen molar-refractivity contribution in [2.45, 2.75) is 43.5 Å². The Labute approximate surface area is 216 Å². The second kappa shape index (κ2) is 9.14. The minimum absolute atomic E-state index is 0.0859. The van der Waals surface area contributed by atoms with Gasteiger partial charge < -0.3 is 0 Å². The van der Waals surface area contributed by atoms with Crippen molar-refractivity contribution in [3.8, 4) is 12.1 Å². The molecule has 4 rings (SSSR count). The molecular formula is C29H25F2N3O2S. The topological polar surface area (TPSA) is 85.0 Å². The van der Waals surface area contributed by atoms with E-state index in [0.29, 0.717) is 12.5 Å². The zero-order valence-electron chi connectivity index (χ0n) is 20.6. The first-order valence-electron chi connectivity index (χ1n) is 11.6. The molecule has 3 aromatic rings. The molecule has 2 atom stereocenters. The van der Waals surface area contributed by atoms with E-state index in [0.717, 1.165) is 15.4 Å². The number of sulfonamides is 1. The maximum absolute atomic E-state index is 14.9. The molecule has 0 bridgehead atoms. The van der Waals surface area contributed by atoms with E-state index in [9.17, 15) is 27.7 Å². The Balaban J connectivity index is 2.20. The summed E-state index contributed by atoms with van der Waals surface area (Å²) in [6.45, 7) is 8.16. The molecule has 0 fully saturated rings. The first kappa shape index (κ1) is 26.1. The van der Waals surface area contributed by atoms with Crippen molar-refractivity contribution >= 4 is 15.7 Å². The van der Waals surface area contributed by atoms with Crippen LogP contribution in [0, 0.1) is 41.9 Å². The summed E-state index contributed by atoms with van der Waals surface area (Å²) in [5.41, 5.74) is -0.452. The summed E-state index contributed by atoms with van der Waals surface area (Å²) in [6.07, 6.45) is 1.42.